The summed E-state index contributed by atoms with van der Waals surface area (Å²) in [5.41, 5.74) is 4.00. The number of rotatable bonds is 4. The highest BCUT2D eigenvalue weighted by Crippen LogP contribution is 2.52. The number of carbonyl (C=O) groups excluding carboxylic acids is 1. The number of alkyl halides is 2. The average Bonchev–Trinajstić information content (AvgIpc) is 2.82. The van der Waals surface area contributed by atoms with E-state index in [1.54, 1.807) is 39.1 Å². The standard InChI is InChI=1S/C30H29F2N3O2/c1-19-23-16-24(20-8-6-5-7-9-20)26(34-25(23)14-15-33-19)21-10-12-22(13-11-21)29(17-30(31,32)18-29)35-27(36)37-28(2,3)4/h5-16H,17-18H2,1-4H3,(H,35,36). The highest BCUT2D eigenvalue weighted by molar-refractivity contribution is 5.92. The number of amides is 1. The van der Waals surface area contributed by atoms with Crippen LogP contribution in [0.3, 0.4) is 0 Å². The number of halogens is 2. The second kappa shape index (κ2) is 8.91. The molecule has 0 radical (unpaired) electrons. The van der Waals surface area contributed by atoms with E-state index < -0.39 is 36.0 Å². The number of ether oxygens (including phenoxy) is 1. The van der Waals surface area contributed by atoms with Gasteiger partial charge in [0.2, 0.25) is 0 Å². The zero-order chi connectivity index (χ0) is 26.4. The third-order valence-corrected chi connectivity index (χ3v) is 6.60. The summed E-state index contributed by atoms with van der Waals surface area (Å²) in [6.07, 6.45) is 0.0734. The van der Waals surface area contributed by atoms with Gasteiger partial charge in [-0.2, -0.15) is 0 Å². The molecular formula is C30H29F2N3O2. The molecule has 0 bridgehead atoms. The second-order valence-electron chi connectivity index (χ2n) is 10.7. The monoisotopic (exact) mass is 501 g/mol. The number of hydrogen-bond donors (Lipinski definition) is 1. The number of aryl methyl sites for hydroxylation is 1. The maximum atomic E-state index is 14.1. The van der Waals surface area contributed by atoms with Gasteiger partial charge >= 0.3 is 6.09 Å². The summed E-state index contributed by atoms with van der Waals surface area (Å²) in [6.45, 7) is 7.17. The largest absolute Gasteiger partial charge is 0.444 e. The number of carbonyl (C=O) groups is 1. The minimum atomic E-state index is -2.85. The summed E-state index contributed by atoms with van der Waals surface area (Å²) >= 11 is 0. The maximum Gasteiger partial charge on any atom is 0.408 e. The van der Waals surface area contributed by atoms with Gasteiger partial charge < -0.3 is 10.1 Å². The number of aromatic nitrogens is 2. The van der Waals surface area contributed by atoms with Gasteiger partial charge in [-0.3, -0.25) is 4.98 Å². The van der Waals surface area contributed by atoms with Gasteiger partial charge in [0.1, 0.15) is 5.60 Å². The Morgan fingerprint density at radius 2 is 1.65 bits per heavy atom. The van der Waals surface area contributed by atoms with Crippen LogP contribution in [0.5, 0.6) is 0 Å². The van der Waals surface area contributed by atoms with Crippen LogP contribution in [0.15, 0.2) is 72.9 Å². The van der Waals surface area contributed by atoms with Gasteiger partial charge in [0.25, 0.3) is 5.92 Å². The van der Waals surface area contributed by atoms with Crippen LogP contribution in [-0.2, 0) is 10.3 Å². The summed E-state index contributed by atoms with van der Waals surface area (Å²) in [5.74, 6) is -2.85. The van der Waals surface area contributed by atoms with Gasteiger partial charge in [0.05, 0.1) is 16.7 Å². The number of fused-ring (bicyclic) bond motifs is 1. The lowest BCUT2D eigenvalue weighted by molar-refractivity contribution is -0.136. The number of pyridine rings is 2. The van der Waals surface area contributed by atoms with E-state index in [1.807, 2.05) is 55.5 Å². The summed E-state index contributed by atoms with van der Waals surface area (Å²) in [7, 11) is 0. The Hall–Kier alpha value is -3.87. The van der Waals surface area contributed by atoms with Crippen molar-refractivity contribution in [1.82, 2.24) is 15.3 Å². The molecular weight excluding hydrogens is 472 g/mol. The van der Waals surface area contributed by atoms with Crippen molar-refractivity contribution in [1.29, 1.82) is 0 Å². The van der Waals surface area contributed by atoms with E-state index in [9.17, 15) is 13.6 Å². The molecule has 190 valence electrons. The van der Waals surface area contributed by atoms with Crippen LogP contribution in [0, 0.1) is 6.92 Å². The lowest BCUT2D eigenvalue weighted by atomic mass is 9.69. The van der Waals surface area contributed by atoms with Crippen molar-refractivity contribution in [2.75, 3.05) is 0 Å². The van der Waals surface area contributed by atoms with Crippen LogP contribution in [0.2, 0.25) is 0 Å². The highest BCUT2D eigenvalue weighted by Gasteiger charge is 2.58. The minimum absolute atomic E-state index is 0.478. The molecule has 1 aliphatic rings. The van der Waals surface area contributed by atoms with Crippen molar-refractivity contribution in [2.45, 2.75) is 57.6 Å². The lowest BCUT2D eigenvalue weighted by Crippen LogP contribution is -2.60. The SMILES string of the molecule is Cc1nccc2nc(-c3ccc(C4(NC(=O)OC(C)(C)C)CC(F)(F)C4)cc3)c(-c3ccccc3)cc12. The first-order valence-corrected chi connectivity index (χ1v) is 12.3. The van der Waals surface area contributed by atoms with Crippen molar-refractivity contribution in [3.63, 3.8) is 0 Å². The maximum absolute atomic E-state index is 14.1. The van der Waals surface area contributed by atoms with E-state index in [0.717, 1.165) is 39.0 Å². The van der Waals surface area contributed by atoms with Gasteiger partial charge in [-0.25, -0.2) is 18.6 Å². The Morgan fingerprint density at radius 3 is 2.27 bits per heavy atom. The number of benzene rings is 2. The molecule has 1 fully saturated rings. The van der Waals surface area contributed by atoms with E-state index in [0.29, 0.717) is 5.56 Å². The van der Waals surface area contributed by atoms with Gasteiger partial charge in [-0.05, 0) is 51.0 Å². The van der Waals surface area contributed by atoms with Crippen LogP contribution in [-0.4, -0.2) is 27.6 Å². The Bertz CT molecular complexity index is 1450. The molecule has 2 heterocycles. The molecule has 5 nitrogen and oxygen atoms in total. The lowest BCUT2D eigenvalue weighted by Gasteiger charge is -2.48. The molecule has 7 heteroatoms. The van der Waals surface area contributed by atoms with Crippen LogP contribution in [0.1, 0.15) is 44.9 Å². The Kier molecular flexibility index (Phi) is 5.97. The molecule has 1 N–H and O–H groups in total. The molecule has 37 heavy (non-hydrogen) atoms. The average molecular weight is 502 g/mol. The number of nitrogens with one attached hydrogen (secondary N) is 1. The molecule has 0 spiro atoms. The van der Waals surface area contributed by atoms with Crippen LogP contribution >= 0.6 is 0 Å². The molecule has 0 aliphatic heterocycles. The predicted molar refractivity (Wildman–Crippen MR) is 140 cm³/mol. The number of hydrogen-bond acceptors (Lipinski definition) is 4. The van der Waals surface area contributed by atoms with E-state index in [2.05, 4.69) is 16.4 Å². The summed E-state index contributed by atoms with van der Waals surface area (Å²) < 4.78 is 33.5. The third-order valence-electron chi connectivity index (χ3n) is 6.60. The fourth-order valence-electron chi connectivity index (χ4n) is 4.93. The first-order valence-electron chi connectivity index (χ1n) is 12.3. The molecule has 0 saturated heterocycles. The summed E-state index contributed by atoms with van der Waals surface area (Å²) in [4.78, 5) is 21.9. The first-order chi connectivity index (χ1) is 17.4. The van der Waals surface area contributed by atoms with Gasteiger partial charge in [-0.15, -0.1) is 0 Å². The Labute approximate surface area is 214 Å². The van der Waals surface area contributed by atoms with Crippen LogP contribution < -0.4 is 5.32 Å². The zero-order valence-electron chi connectivity index (χ0n) is 21.3. The fourth-order valence-corrected chi connectivity index (χ4v) is 4.93. The third kappa shape index (κ3) is 5.03. The Morgan fingerprint density at radius 1 is 0.973 bits per heavy atom. The highest BCUT2D eigenvalue weighted by atomic mass is 19.3. The van der Waals surface area contributed by atoms with Crippen molar-refractivity contribution in [3.05, 3.63) is 84.2 Å². The normalized spacial score (nSPS) is 16.2. The summed E-state index contributed by atoms with van der Waals surface area (Å²) in [5, 5.41) is 3.69. The molecule has 1 aliphatic carbocycles. The quantitative estimate of drug-likeness (QED) is 0.316. The number of alkyl carbamates (subject to hydrolysis) is 1. The first kappa shape index (κ1) is 24.8. The molecule has 1 amide bonds. The smallest absolute Gasteiger partial charge is 0.408 e. The molecule has 4 aromatic rings. The van der Waals surface area contributed by atoms with E-state index in [-0.39, 0.29) is 0 Å². The molecule has 1 saturated carbocycles. The predicted octanol–water partition coefficient (Wildman–Crippen LogP) is 7.42. The molecule has 2 aromatic heterocycles. The molecule has 0 atom stereocenters. The molecule has 2 aromatic carbocycles. The van der Waals surface area contributed by atoms with Crippen molar-refractivity contribution in [2.24, 2.45) is 0 Å². The van der Waals surface area contributed by atoms with Gasteiger partial charge in [-0.1, -0.05) is 54.6 Å². The fraction of sp³-hybridized carbons (Fsp3) is 0.300. The van der Waals surface area contributed by atoms with E-state index >= 15 is 0 Å². The Balaban J connectivity index is 1.55. The van der Waals surface area contributed by atoms with E-state index in [1.165, 1.54) is 0 Å². The topological polar surface area (TPSA) is 64.1 Å². The molecule has 0 unspecified atom stereocenters. The van der Waals surface area contributed by atoms with Gasteiger partial charge in [0.15, 0.2) is 0 Å². The minimum Gasteiger partial charge on any atom is -0.444 e. The second-order valence-corrected chi connectivity index (χ2v) is 10.7. The van der Waals surface area contributed by atoms with Crippen molar-refractivity contribution < 1.29 is 18.3 Å². The van der Waals surface area contributed by atoms with Gasteiger partial charge in [0, 0.05) is 41.2 Å². The summed E-state index contributed by atoms with van der Waals surface area (Å²) in [6, 6.07) is 21.3. The zero-order valence-corrected chi connectivity index (χ0v) is 21.3. The van der Waals surface area contributed by atoms with Crippen LogP contribution in [0.25, 0.3) is 33.3 Å². The van der Waals surface area contributed by atoms with Crippen LogP contribution in [0.4, 0.5) is 13.6 Å². The van der Waals surface area contributed by atoms with Crippen molar-refractivity contribution >= 4 is 17.0 Å². The molecule has 5 rings (SSSR count). The van der Waals surface area contributed by atoms with E-state index in [4.69, 9.17) is 9.72 Å². The van der Waals surface area contributed by atoms with Crippen molar-refractivity contribution in [3.8, 4) is 22.4 Å². The number of nitrogens with zero attached hydrogens (tertiary/aromatic N) is 2.